The van der Waals surface area contributed by atoms with E-state index in [-0.39, 0.29) is 19.1 Å². The zero-order valence-corrected chi connectivity index (χ0v) is 10.5. The van der Waals surface area contributed by atoms with Gasteiger partial charge in [0.15, 0.2) is 6.61 Å². The van der Waals surface area contributed by atoms with Gasteiger partial charge in [0.25, 0.3) is 5.91 Å². The molecule has 0 aromatic heterocycles. The number of ether oxygens (including phenoxy) is 1. The lowest BCUT2D eigenvalue weighted by Crippen LogP contribution is -2.30. The van der Waals surface area contributed by atoms with Gasteiger partial charge in [-0.1, -0.05) is 17.7 Å². The summed E-state index contributed by atoms with van der Waals surface area (Å²) in [5.41, 5.74) is 1.02. The van der Waals surface area contributed by atoms with E-state index in [1.165, 1.54) is 0 Å². The molecular formula is C12H16ClNO3. The molecule has 17 heavy (non-hydrogen) atoms. The molecule has 1 amide bonds. The molecule has 0 fully saturated rings. The molecule has 0 saturated carbocycles. The Labute approximate surface area is 106 Å². The Bertz CT molecular complexity index is 382. The molecule has 0 unspecified atom stereocenters. The minimum Gasteiger partial charge on any atom is -0.482 e. The van der Waals surface area contributed by atoms with Crippen molar-refractivity contribution in [2.24, 2.45) is 0 Å². The molecule has 0 spiro atoms. The Morgan fingerprint density at radius 1 is 1.53 bits per heavy atom. The van der Waals surface area contributed by atoms with Crippen LogP contribution >= 0.6 is 11.6 Å². The van der Waals surface area contributed by atoms with Crippen LogP contribution in [-0.2, 0) is 4.79 Å². The number of hydrogen-bond donors (Lipinski definition) is 2. The van der Waals surface area contributed by atoms with Crippen molar-refractivity contribution in [3.05, 3.63) is 28.8 Å². The van der Waals surface area contributed by atoms with Crippen LogP contribution in [0.5, 0.6) is 5.75 Å². The average Bonchev–Trinajstić information content (AvgIpc) is 2.31. The first-order valence-corrected chi connectivity index (χ1v) is 5.78. The quantitative estimate of drug-likeness (QED) is 0.760. The number of carbonyl (C=O) groups is 1. The molecule has 0 aliphatic rings. The van der Waals surface area contributed by atoms with Crippen LogP contribution in [0.15, 0.2) is 18.2 Å². The molecule has 1 aromatic carbocycles. The number of aliphatic hydroxyl groups excluding tert-OH is 1. The van der Waals surface area contributed by atoms with E-state index >= 15 is 0 Å². The van der Waals surface area contributed by atoms with Crippen LogP contribution in [0.1, 0.15) is 12.0 Å². The number of benzene rings is 1. The van der Waals surface area contributed by atoms with E-state index in [0.717, 1.165) is 5.56 Å². The second kappa shape index (κ2) is 7.14. The van der Waals surface area contributed by atoms with Crippen molar-refractivity contribution in [2.75, 3.05) is 19.8 Å². The Hall–Kier alpha value is -1.26. The van der Waals surface area contributed by atoms with Crippen molar-refractivity contribution in [3.8, 4) is 5.75 Å². The fraction of sp³-hybridized carbons (Fsp3) is 0.417. The predicted octanol–water partition coefficient (Wildman–Crippen LogP) is 1.53. The maximum Gasteiger partial charge on any atom is 0.257 e. The summed E-state index contributed by atoms with van der Waals surface area (Å²) < 4.78 is 5.30. The highest BCUT2D eigenvalue weighted by molar-refractivity contribution is 6.32. The Kier molecular flexibility index (Phi) is 5.80. The third-order valence-electron chi connectivity index (χ3n) is 2.10. The highest BCUT2D eigenvalue weighted by Gasteiger charge is 2.05. The van der Waals surface area contributed by atoms with E-state index in [4.69, 9.17) is 21.4 Å². The van der Waals surface area contributed by atoms with Crippen LogP contribution in [0.3, 0.4) is 0 Å². The summed E-state index contributed by atoms with van der Waals surface area (Å²) in [6.07, 6.45) is 0.539. The summed E-state index contributed by atoms with van der Waals surface area (Å²) in [7, 11) is 0. The van der Waals surface area contributed by atoms with Gasteiger partial charge in [0, 0.05) is 13.2 Å². The topological polar surface area (TPSA) is 58.6 Å². The van der Waals surface area contributed by atoms with Gasteiger partial charge in [-0.05, 0) is 31.0 Å². The number of halogens is 1. The molecule has 0 bridgehead atoms. The van der Waals surface area contributed by atoms with E-state index in [1.807, 2.05) is 13.0 Å². The van der Waals surface area contributed by atoms with Gasteiger partial charge in [0.05, 0.1) is 5.02 Å². The van der Waals surface area contributed by atoms with Crippen molar-refractivity contribution in [1.29, 1.82) is 0 Å². The fourth-order valence-corrected chi connectivity index (χ4v) is 1.39. The largest absolute Gasteiger partial charge is 0.482 e. The lowest BCUT2D eigenvalue weighted by atomic mass is 10.2. The highest BCUT2D eigenvalue weighted by Crippen LogP contribution is 2.24. The smallest absolute Gasteiger partial charge is 0.257 e. The lowest BCUT2D eigenvalue weighted by molar-refractivity contribution is -0.123. The molecule has 5 heteroatoms. The highest BCUT2D eigenvalue weighted by atomic mass is 35.5. The van der Waals surface area contributed by atoms with Crippen LogP contribution in [0, 0.1) is 6.92 Å². The minimum absolute atomic E-state index is 0.0604. The molecule has 0 atom stereocenters. The van der Waals surface area contributed by atoms with Gasteiger partial charge in [-0.25, -0.2) is 0 Å². The van der Waals surface area contributed by atoms with Crippen LogP contribution < -0.4 is 10.1 Å². The molecule has 94 valence electrons. The fourth-order valence-electron chi connectivity index (χ4n) is 1.22. The molecule has 1 aromatic rings. The SMILES string of the molecule is Cc1ccc(Cl)c(OCC(=O)NCCCO)c1. The number of rotatable bonds is 6. The molecule has 0 radical (unpaired) electrons. The molecule has 4 nitrogen and oxygen atoms in total. The van der Waals surface area contributed by atoms with Gasteiger partial charge in [-0.3, -0.25) is 4.79 Å². The second-order valence-electron chi connectivity index (χ2n) is 3.65. The van der Waals surface area contributed by atoms with Crippen molar-refractivity contribution < 1.29 is 14.6 Å². The van der Waals surface area contributed by atoms with E-state index in [9.17, 15) is 4.79 Å². The number of nitrogens with one attached hydrogen (secondary N) is 1. The van der Waals surface area contributed by atoms with Crippen LogP contribution in [0.4, 0.5) is 0 Å². The van der Waals surface area contributed by atoms with Gasteiger partial charge >= 0.3 is 0 Å². The van der Waals surface area contributed by atoms with E-state index in [1.54, 1.807) is 12.1 Å². The summed E-state index contributed by atoms with van der Waals surface area (Å²) in [4.78, 5) is 11.3. The number of aliphatic hydroxyl groups is 1. The predicted molar refractivity (Wildman–Crippen MR) is 66.4 cm³/mol. The Balaban J connectivity index is 2.39. The molecule has 0 aliphatic carbocycles. The molecule has 0 heterocycles. The molecule has 0 saturated heterocycles. The van der Waals surface area contributed by atoms with Gasteiger partial charge in [0.1, 0.15) is 5.75 Å². The third kappa shape index (κ3) is 5.06. The maximum atomic E-state index is 11.3. The third-order valence-corrected chi connectivity index (χ3v) is 2.41. The number of carbonyl (C=O) groups excluding carboxylic acids is 1. The average molecular weight is 258 g/mol. The van der Waals surface area contributed by atoms with Crippen molar-refractivity contribution in [3.63, 3.8) is 0 Å². The van der Waals surface area contributed by atoms with Crippen molar-refractivity contribution in [1.82, 2.24) is 5.32 Å². The monoisotopic (exact) mass is 257 g/mol. The minimum atomic E-state index is -0.226. The summed E-state index contributed by atoms with van der Waals surface area (Å²) >= 11 is 5.92. The van der Waals surface area contributed by atoms with Crippen LogP contribution in [0.25, 0.3) is 0 Å². The normalized spacial score (nSPS) is 10.1. The lowest BCUT2D eigenvalue weighted by Gasteiger charge is -2.09. The zero-order valence-electron chi connectivity index (χ0n) is 9.70. The first-order valence-electron chi connectivity index (χ1n) is 5.40. The van der Waals surface area contributed by atoms with Crippen LogP contribution in [0.2, 0.25) is 5.02 Å². The van der Waals surface area contributed by atoms with Crippen molar-refractivity contribution in [2.45, 2.75) is 13.3 Å². The molecular weight excluding hydrogens is 242 g/mol. The number of aryl methyl sites for hydroxylation is 1. The maximum absolute atomic E-state index is 11.3. The number of hydrogen-bond acceptors (Lipinski definition) is 3. The van der Waals surface area contributed by atoms with Gasteiger partial charge < -0.3 is 15.2 Å². The summed E-state index contributed by atoms with van der Waals surface area (Å²) in [5, 5.41) is 11.7. The first kappa shape index (κ1) is 13.8. The zero-order chi connectivity index (χ0) is 12.7. The van der Waals surface area contributed by atoms with Gasteiger partial charge in [-0.15, -0.1) is 0 Å². The van der Waals surface area contributed by atoms with E-state index < -0.39 is 0 Å². The standard InChI is InChI=1S/C12H16ClNO3/c1-9-3-4-10(13)11(7-9)17-8-12(16)14-5-2-6-15/h3-4,7,15H,2,5-6,8H2,1H3,(H,14,16). The molecule has 0 aliphatic heterocycles. The summed E-state index contributed by atoms with van der Waals surface area (Å²) in [6, 6.07) is 5.38. The van der Waals surface area contributed by atoms with E-state index in [2.05, 4.69) is 5.32 Å². The molecule has 1 rings (SSSR count). The Morgan fingerprint density at radius 3 is 3.00 bits per heavy atom. The van der Waals surface area contributed by atoms with Gasteiger partial charge in [-0.2, -0.15) is 0 Å². The second-order valence-corrected chi connectivity index (χ2v) is 4.06. The number of amides is 1. The Morgan fingerprint density at radius 2 is 2.29 bits per heavy atom. The van der Waals surface area contributed by atoms with Gasteiger partial charge in [0.2, 0.25) is 0 Å². The van der Waals surface area contributed by atoms with Crippen LogP contribution in [-0.4, -0.2) is 30.8 Å². The summed E-state index contributed by atoms with van der Waals surface area (Å²) in [5.74, 6) is 0.278. The first-order chi connectivity index (χ1) is 8.13. The van der Waals surface area contributed by atoms with E-state index in [0.29, 0.717) is 23.7 Å². The van der Waals surface area contributed by atoms with Crippen molar-refractivity contribution >= 4 is 17.5 Å². The molecule has 2 N–H and O–H groups in total. The summed E-state index contributed by atoms with van der Waals surface area (Å²) in [6.45, 7) is 2.35.